The molecule has 0 aliphatic carbocycles. The Hall–Kier alpha value is -0.0800. The molecule has 72 valence electrons. The molecule has 1 saturated heterocycles. The number of unbranched alkanes of at least 4 members (excludes halogenated alkanes) is 2. The van der Waals surface area contributed by atoms with Crippen molar-refractivity contribution in [2.24, 2.45) is 11.7 Å². The van der Waals surface area contributed by atoms with Crippen molar-refractivity contribution in [1.29, 1.82) is 0 Å². The van der Waals surface area contributed by atoms with Crippen LogP contribution in [0.4, 0.5) is 0 Å². The average Bonchev–Trinajstić information content (AvgIpc) is 2.31. The fraction of sp³-hybridized carbons (Fsp3) is 1.00. The zero-order valence-electron chi connectivity index (χ0n) is 8.34. The Balaban J connectivity index is 2.15. The van der Waals surface area contributed by atoms with E-state index in [2.05, 4.69) is 19.2 Å². The van der Waals surface area contributed by atoms with Gasteiger partial charge in [-0.15, -0.1) is 0 Å². The molecule has 0 amide bonds. The second-order valence-corrected chi connectivity index (χ2v) is 4.09. The molecule has 1 fully saturated rings. The predicted molar refractivity (Wildman–Crippen MR) is 52.8 cm³/mol. The van der Waals surface area contributed by atoms with Crippen LogP contribution in [0.2, 0.25) is 0 Å². The fourth-order valence-corrected chi connectivity index (χ4v) is 2.05. The number of nitrogens with one attached hydrogen (secondary N) is 1. The van der Waals surface area contributed by atoms with Gasteiger partial charge in [0.2, 0.25) is 0 Å². The van der Waals surface area contributed by atoms with E-state index in [1.807, 2.05) is 0 Å². The molecule has 0 aromatic carbocycles. The van der Waals surface area contributed by atoms with Crippen LogP contribution < -0.4 is 11.1 Å². The van der Waals surface area contributed by atoms with Gasteiger partial charge in [0.15, 0.2) is 0 Å². The Morgan fingerprint density at radius 1 is 1.42 bits per heavy atom. The highest BCUT2D eigenvalue weighted by Gasteiger charge is 2.27. The van der Waals surface area contributed by atoms with Crippen LogP contribution in [0.3, 0.4) is 0 Å². The molecule has 1 heterocycles. The normalized spacial score (nSPS) is 35.8. The second kappa shape index (κ2) is 4.83. The minimum Gasteiger partial charge on any atom is -0.316 e. The molecule has 1 aliphatic rings. The van der Waals surface area contributed by atoms with E-state index in [0.29, 0.717) is 6.04 Å². The monoisotopic (exact) mass is 170 g/mol. The molecule has 3 N–H and O–H groups in total. The van der Waals surface area contributed by atoms with Crippen molar-refractivity contribution >= 4 is 0 Å². The van der Waals surface area contributed by atoms with Gasteiger partial charge in [-0.2, -0.15) is 0 Å². The van der Waals surface area contributed by atoms with Crippen LogP contribution in [0.25, 0.3) is 0 Å². The van der Waals surface area contributed by atoms with E-state index in [9.17, 15) is 0 Å². The smallest absolute Gasteiger partial charge is 0.0551 e. The van der Waals surface area contributed by atoms with Gasteiger partial charge in [-0.05, 0) is 18.8 Å². The lowest BCUT2D eigenvalue weighted by Gasteiger charge is -2.14. The number of hydrogen-bond acceptors (Lipinski definition) is 2. The zero-order valence-corrected chi connectivity index (χ0v) is 8.34. The molecule has 2 unspecified atom stereocenters. The Morgan fingerprint density at radius 3 is 2.67 bits per heavy atom. The molecule has 0 spiro atoms. The van der Waals surface area contributed by atoms with Crippen molar-refractivity contribution in [3.63, 3.8) is 0 Å². The molecule has 0 saturated carbocycles. The van der Waals surface area contributed by atoms with Crippen molar-refractivity contribution in [2.45, 2.75) is 58.2 Å². The first-order valence-electron chi connectivity index (χ1n) is 5.25. The predicted octanol–water partition coefficient (Wildman–Crippen LogP) is 1.85. The minimum absolute atomic E-state index is 0.256. The molecule has 2 nitrogen and oxygen atoms in total. The molecule has 12 heavy (non-hydrogen) atoms. The van der Waals surface area contributed by atoms with Gasteiger partial charge in [-0.1, -0.05) is 33.1 Å². The van der Waals surface area contributed by atoms with Crippen molar-refractivity contribution in [2.75, 3.05) is 0 Å². The van der Waals surface area contributed by atoms with Crippen LogP contribution in [-0.4, -0.2) is 12.2 Å². The van der Waals surface area contributed by atoms with E-state index in [4.69, 9.17) is 5.73 Å². The first-order chi connectivity index (χ1) is 5.74. The summed E-state index contributed by atoms with van der Waals surface area (Å²) in [5.41, 5.74) is 5.81. The van der Waals surface area contributed by atoms with Gasteiger partial charge in [0, 0.05) is 6.04 Å². The quantitative estimate of drug-likeness (QED) is 0.632. The maximum absolute atomic E-state index is 5.81. The third-order valence-electron chi connectivity index (χ3n) is 2.86. The molecule has 2 heteroatoms. The summed E-state index contributed by atoms with van der Waals surface area (Å²) in [6, 6.07) is 0.687. The third kappa shape index (κ3) is 2.76. The van der Waals surface area contributed by atoms with E-state index in [0.717, 1.165) is 12.3 Å². The van der Waals surface area contributed by atoms with E-state index in [-0.39, 0.29) is 6.17 Å². The Kier molecular flexibility index (Phi) is 4.02. The third-order valence-corrected chi connectivity index (χ3v) is 2.86. The molecule has 1 aliphatic heterocycles. The lowest BCUT2D eigenvalue weighted by Crippen LogP contribution is -2.36. The molecule has 0 bridgehead atoms. The van der Waals surface area contributed by atoms with Gasteiger partial charge in [0.1, 0.15) is 0 Å². The van der Waals surface area contributed by atoms with E-state index in [1.54, 1.807) is 0 Å². The summed E-state index contributed by atoms with van der Waals surface area (Å²) in [5, 5.41) is 3.44. The van der Waals surface area contributed by atoms with Crippen LogP contribution >= 0.6 is 0 Å². The van der Waals surface area contributed by atoms with Crippen molar-refractivity contribution in [3.05, 3.63) is 0 Å². The summed E-state index contributed by atoms with van der Waals surface area (Å²) < 4.78 is 0. The summed E-state index contributed by atoms with van der Waals surface area (Å²) in [6.45, 7) is 4.55. The topological polar surface area (TPSA) is 38.0 Å². The van der Waals surface area contributed by atoms with Crippen molar-refractivity contribution in [1.82, 2.24) is 5.32 Å². The summed E-state index contributed by atoms with van der Waals surface area (Å²) >= 11 is 0. The van der Waals surface area contributed by atoms with Crippen LogP contribution in [0.15, 0.2) is 0 Å². The average molecular weight is 170 g/mol. The van der Waals surface area contributed by atoms with Gasteiger partial charge in [0.05, 0.1) is 6.17 Å². The molecule has 0 aromatic heterocycles. The number of hydrogen-bond donors (Lipinski definition) is 2. The highest BCUT2D eigenvalue weighted by atomic mass is 15.1. The lowest BCUT2D eigenvalue weighted by molar-refractivity contribution is 0.430. The Bertz CT molecular complexity index is 125. The minimum atomic E-state index is 0.256. The number of rotatable bonds is 4. The first kappa shape index (κ1) is 10.0. The molecular formula is C10H22N2. The number of nitrogens with two attached hydrogens (primary N) is 1. The van der Waals surface area contributed by atoms with Crippen LogP contribution in [0.5, 0.6) is 0 Å². The summed E-state index contributed by atoms with van der Waals surface area (Å²) in [7, 11) is 0. The van der Waals surface area contributed by atoms with Crippen LogP contribution in [0.1, 0.15) is 46.0 Å². The first-order valence-corrected chi connectivity index (χ1v) is 5.25. The van der Waals surface area contributed by atoms with Crippen molar-refractivity contribution in [3.8, 4) is 0 Å². The molecule has 1 rings (SSSR count). The van der Waals surface area contributed by atoms with Gasteiger partial charge >= 0.3 is 0 Å². The summed E-state index contributed by atoms with van der Waals surface area (Å²) in [4.78, 5) is 0. The van der Waals surface area contributed by atoms with E-state index in [1.165, 1.54) is 25.7 Å². The standard InChI is InChI=1S/C10H22N2/c1-3-4-5-6-9-8(2)7-10(11)12-9/h8-10,12H,3-7,11H2,1-2H3/t8?,9-,10?/m1/s1. The fourth-order valence-electron chi connectivity index (χ4n) is 2.05. The molecular weight excluding hydrogens is 148 g/mol. The second-order valence-electron chi connectivity index (χ2n) is 4.09. The van der Waals surface area contributed by atoms with Crippen LogP contribution in [0, 0.1) is 5.92 Å². The summed E-state index contributed by atoms with van der Waals surface area (Å²) in [5.74, 6) is 0.775. The highest BCUT2D eigenvalue weighted by molar-refractivity contribution is 4.85. The van der Waals surface area contributed by atoms with Gasteiger partial charge in [-0.3, -0.25) is 5.32 Å². The highest BCUT2D eigenvalue weighted by Crippen LogP contribution is 2.21. The zero-order chi connectivity index (χ0) is 8.97. The van der Waals surface area contributed by atoms with Crippen LogP contribution in [-0.2, 0) is 0 Å². The van der Waals surface area contributed by atoms with E-state index < -0.39 is 0 Å². The van der Waals surface area contributed by atoms with E-state index >= 15 is 0 Å². The molecule has 0 radical (unpaired) electrons. The molecule has 3 atom stereocenters. The Labute approximate surface area is 75.9 Å². The van der Waals surface area contributed by atoms with Gasteiger partial charge < -0.3 is 5.73 Å². The molecule has 0 aromatic rings. The lowest BCUT2D eigenvalue weighted by atomic mass is 9.98. The van der Waals surface area contributed by atoms with Gasteiger partial charge in [0.25, 0.3) is 0 Å². The van der Waals surface area contributed by atoms with Crippen molar-refractivity contribution < 1.29 is 0 Å². The summed E-state index contributed by atoms with van der Waals surface area (Å²) in [6.07, 6.45) is 6.74. The SMILES string of the molecule is CCCCC[C@H]1NC(N)CC1C. The Morgan fingerprint density at radius 2 is 2.17 bits per heavy atom. The van der Waals surface area contributed by atoms with Gasteiger partial charge in [-0.25, -0.2) is 0 Å². The maximum Gasteiger partial charge on any atom is 0.0551 e. The largest absolute Gasteiger partial charge is 0.316 e. The maximum atomic E-state index is 5.81.